The summed E-state index contributed by atoms with van der Waals surface area (Å²) in [7, 11) is 0. The average molecular weight is 374 g/mol. The van der Waals surface area contributed by atoms with E-state index in [1.54, 1.807) is 30.2 Å². The molecular formula is C18H19FN4O4. The number of amides is 1. The van der Waals surface area contributed by atoms with Gasteiger partial charge >= 0.3 is 0 Å². The number of hydrogen-bond acceptors (Lipinski definition) is 7. The van der Waals surface area contributed by atoms with Gasteiger partial charge in [0.05, 0.1) is 6.20 Å². The van der Waals surface area contributed by atoms with E-state index in [4.69, 9.17) is 14.2 Å². The molecule has 2 aliphatic rings. The lowest BCUT2D eigenvalue weighted by Gasteiger charge is -2.32. The number of nitrogens with zero attached hydrogens (tertiary/aromatic N) is 3. The Morgan fingerprint density at radius 3 is 3.11 bits per heavy atom. The molecule has 142 valence electrons. The van der Waals surface area contributed by atoms with Gasteiger partial charge < -0.3 is 19.1 Å². The van der Waals surface area contributed by atoms with E-state index in [0.717, 1.165) is 12.8 Å². The largest absolute Gasteiger partial charge is 0.389 e. The lowest BCUT2D eigenvalue weighted by Crippen LogP contribution is -2.40. The van der Waals surface area contributed by atoms with Gasteiger partial charge in [0.15, 0.2) is 11.5 Å². The molecule has 1 aromatic carbocycles. The third-order valence-electron chi connectivity index (χ3n) is 4.59. The Kier molecular flexibility index (Phi) is 4.68. The minimum Gasteiger partial charge on any atom is -0.389 e. The number of hydrazine groups is 1. The summed E-state index contributed by atoms with van der Waals surface area (Å²) >= 11 is 0. The highest BCUT2D eigenvalue weighted by Crippen LogP contribution is 2.28. The molecule has 1 amide bonds. The summed E-state index contributed by atoms with van der Waals surface area (Å²) in [5.74, 6) is 1.05. The van der Waals surface area contributed by atoms with E-state index < -0.39 is 0 Å². The summed E-state index contributed by atoms with van der Waals surface area (Å²) in [5.41, 5.74) is 3.10. The topological polar surface area (TPSA) is 80.1 Å². The maximum atomic E-state index is 13.3. The van der Waals surface area contributed by atoms with Gasteiger partial charge in [-0.3, -0.25) is 4.79 Å². The van der Waals surface area contributed by atoms with E-state index in [0.29, 0.717) is 35.9 Å². The van der Waals surface area contributed by atoms with Crippen LogP contribution in [-0.2, 0) is 4.84 Å². The zero-order chi connectivity index (χ0) is 18.8. The Bertz CT molecular complexity index is 869. The second-order valence-electron chi connectivity index (χ2n) is 6.49. The summed E-state index contributed by atoms with van der Waals surface area (Å²) in [5, 5.41) is 4.94. The fourth-order valence-corrected chi connectivity index (χ4v) is 3.21. The number of aryl methyl sites for hydroxylation is 1. The Hall–Kier alpha value is -3.07. The fourth-order valence-electron chi connectivity index (χ4n) is 3.21. The Labute approximate surface area is 155 Å². The van der Waals surface area contributed by atoms with Gasteiger partial charge in [0, 0.05) is 25.1 Å². The van der Waals surface area contributed by atoms with Crippen molar-refractivity contribution in [2.24, 2.45) is 5.92 Å². The van der Waals surface area contributed by atoms with Gasteiger partial charge in [-0.2, -0.15) is 0 Å². The van der Waals surface area contributed by atoms with Crippen LogP contribution in [-0.4, -0.2) is 34.2 Å². The van der Waals surface area contributed by atoms with Crippen molar-refractivity contribution in [1.82, 2.24) is 20.8 Å². The third kappa shape index (κ3) is 3.72. The number of rotatable bonds is 4. The maximum absolute atomic E-state index is 13.3. The first-order valence-corrected chi connectivity index (χ1v) is 8.67. The number of likely N-dealkylation sites (tertiary alicyclic amines) is 1. The van der Waals surface area contributed by atoms with Gasteiger partial charge in [-0.15, -0.1) is 5.17 Å². The maximum Gasteiger partial charge on any atom is 0.259 e. The molecule has 0 spiro atoms. The van der Waals surface area contributed by atoms with Crippen LogP contribution in [0.1, 0.15) is 29.0 Å². The van der Waals surface area contributed by atoms with Crippen LogP contribution in [0.15, 0.2) is 46.9 Å². The van der Waals surface area contributed by atoms with Crippen molar-refractivity contribution in [3.05, 3.63) is 59.6 Å². The highest BCUT2D eigenvalue weighted by Gasteiger charge is 2.32. The van der Waals surface area contributed by atoms with Crippen LogP contribution in [0, 0.1) is 18.7 Å². The van der Waals surface area contributed by atoms with E-state index in [2.05, 4.69) is 10.7 Å². The SMILES string of the molecule is Cc1oncc1C(=O)N1CCC[C@H](C2=CN(Oc3cccc(F)c3)NO2)C1. The van der Waals surface area contributed by atoms with Crippen molar-refractivity contribution < 1.29 is 23.4 Å². The van der Waals surface area contributed by atoms with Crippen LogP contribution >= 0.6 is 0 Å². The highest BCUT2D eigenvalue weighted by atomic mass is 19.1. The average Bonchev–Trinajstić information content (AvgIpc) is 3.30. The molecule has 0 saturated carbocycles. The summed E-state index contributed by atoms with van der Waals surface area (Å²) in [6.45, 7) is 2.91. The second-order valence-corrected chi connectivity index (χ2v) is 6.49. The number of aromatic nitrogens is 1. The number of nitrogens with one attached hydrogen (secondary N) is 1. The molecule has 0 bridgehead atoms. The molecule has 1 N–H and O–H groups in total. The molecular weight excluding hydrogens is 355 g/mol. The molecule has 0 radical (unpaired) electrons. The van der Waals surface area contributed by atoms with E-state index in [1.807, 2.05) is 0 Å². The van der Waals surface area contributed by atoms with Crippen molar-refractivity contribution in [1.29, 1.82) is 0 Å². The van der Waals surface area contributed by atoms with Crippen LogP contribution < -0.4 is 10.4 Å². The zero-order valence-electron chi connectivity index (χ0n) is 14.7. The van der Waals surface area contributed by atoms with Gasteiger partial charge in [-0.1, -0.05) is 11.2 Å². The molecule has 1 atom stereocenters. The van der Waals surface area contributed by atoms with Crippen LogP contribution in [0.3, 0.4) is 0 Å². The van der Waals surface area contributed by atoms with Crippen molar-refractivity contribution in [2.45, 2.75) is 19.8 Å². The highest BCUT2D eigenvalue weighted by molar-refractivity contribution is 5.94. The molecule has 0 aliphatic carbocycles. The normalized spacial score (nSPS) is 19.6. The molecule has 3 heterocycles. The molecule has 8 nitrogen and oxygen atoms in total. The number of benzene rings is 1. The number of piperidine rings is 1. The van der Waals surface area contributed by atoms with Crippen LogP contribution in [0.2, 0.25) is 0 Å². The Balaban J connectivity index is 1.41. The number of hydroxylamine groups is 1. The predicted molar refractivity (Wildman–Crippen MR) is 91.0 cm³/mol. The van der Waals surface area contributed by atoms with Crippen molar-refractivity contribution in [3.63, 3.8) is 0 Å². The first kappa shape index (κ1) is 17.3. The van der Waals surface area contributed by atoms with Crippen molar-refractivity contribution >= 4 is 5.91 Å². The number of carbonyl (C=O) groups is 1. The predicted octanol–water partition coefficient (Wildman–Crippen LogP) is 2.56. The summed E-state index contributed by atoms with van der Waals surface area (Å²) in [6, 6.07) is 5.81. The molecule has 2 aromatic rings. The van der Waals surface area contributed by atoms with Crippen LogP contribution in [0.5, 0.6) is 5.75 Å². The zero-order valence-corrected chi connectivity index (χ0v) is 14.7. The number of carbonyl (C=O) groups excluding carboxylic acids is 1. The van der Waals surface area contributed by atoms with E-state index in [9.17, 15) is 9.18 Å². The molecule has 0 unspecified atom stereocenters. The summed E-state index contributed by atoms with van der Waals surface area (Å²) < 4.78 is 18.2. The van der Waals surface area contributed by atoms with Crippen LogP contribution in [0.25, 0.3) is 0 Å². The van der Waals surface area contributed by atoms with E-state index in [1.165, 1.54) is 23.5 Å². The third-order valence-corrected chi connectivity index (χ3v) is 4.59. The lowest BCUT2D eigenvalue weighted by molar-refractivity contribution is -0.139. The van der Waals surface area contributed by atoms with Gasteiger partial charge in [0.1, 0.15) is 23.3 Å². The first-order chi connectivity index (χ1) is 13.1. The fraction of sp³-hybridized carbons (Fsp3) is 0.333. The summed E-state index contributed by atoms with van der Waals surface area (Å²) in [6.07, 6.45) is 4.84. The number of halogens is 1. The first-order valence-electron chi connectivity index (χ1n) is 8.67. The lowest BCUT2D eigenvalue weighted by atomic mass is 9.96. The number of hydrogen-bond donors (Lipinski definition) is 1. The molecule has 1 aromatic heterocycles. The minimum absolute atomic E-state index is 0.0245. The Morgan fingerprint density at radius 2 is 2.33 bits per heavy atom. The van der Waals surface area contributed by atoms with Crippen molar-refractivity contribution in [2.75, 3.05) is 13.1 Å². The van der Waals surface area contributed by atoms with Gasteiger partial charge in [0.2, 0.25) is 0 Å². The standard InChI is InChI=1S/C18H19FN4O4/c1-12-16(9-20-25-12)18(24)22-7-3-4-13(10-22)17-11-23(21-26-17)27-15-6-2-5-14(19)8-15/h2,5-6,8-9,11,13,21H,3-4,7,10H2,1H3/t13-/m0/s1. The molecule has 1 saturated heterocycles. The quantitative estimate of drug-likeness (QED) is 0.881. The summed E-state index contributed by atoms with van der Waals surface area (Å²) in [4.78, 5) is 25.4. The van der Waals surface area contributed by atoms with Gasteiger partial charge in [0.25, 0.3) is 5.91 Å². The molecule has 4 rings (SSSR count). The van der Waals surface area contributed by atoms with Gasteiger partial charge in [-0.25, -0.2) is 4.39 Å². The molecule has 9 heteroatoms. The monoisotopic (exact) mass is 374 g/mol. The van der Waals surface area contributed by atoms with Crippen molar-refractivity contribution in [3.8, 4) is 5.75 Å². The van der Waals surface area contributed by atoms with Crippen LogP contribution in [0.4, 0.5) is 4.39 Å². The Morgan fingerprint density at radius 1 is 1.44 bits per heavy atom. The molecule has 27 heavy (non-hydrogen) atoms. The molecule has 2 aliphatic heterocycles. The smallest absolute Gasteiger partial charge is 0.259 e. The van der Waals surface area contributed by atoms with Gasteiger partial charge in [-0.05, 0) is 37.5 Å². The van der Waals surface area contributed by atoms with E-state index >= 15 is 0 Å². The minimum atomic E-state index is -0.387. The molecule has 1 fully saturated rings. The van der Waals surface area contributed by atoms with E-state index in [-0.39, 0.29) is 17.6 Å². The second kappa shape index (κ2) is 7.28.